The van der Waals surface area contributed by atoms with E-state index in [1.54, 1.807) is 20.8 Å². The second-order valence-electron chi connectivity index (χ2n) is 5.03. The number of hydrogen-bond donors (Lipinski definition) is 0. The van der Waals surface area contributed by atoms with Crippen molar-refractivity contribution in [3.63, 3.8) is 0 Å². The van der Waals surface area contributed by atoms with Crippen LogP contribution in [-0.4, -0.2) is 33.6 Å². The SMILES string of the molecule is COc1cc2c(nc1Cl)c(Cl)nn2C(=O)OC(C)(C)C. The van der Waals surface area contributed by atoms with E-state index in [1.807, 2.05) is 0 Å². The van der Waals surface area contributed by atoms with Crippen molar-refractivity contribution in [1.82, 2.24) is 14.8 Å². The molecular formula is C12H13Cl2N3O3. The van der Waals surface area contributed by atoms with E-state index < -0.39 is 11.7 Å². The lowest BCUT2D eigenvalue weighted by molar-refractivity contribution is 0.0523. The molecule has 0 radical (unpaired) electrons. The molecule has 0 bridgehead atoms. The summed E-state index contributed by atoms with van der Waals surface area (Å²) in [6.45, 7) is 5.27. The normalized spacial score (nSPS) is 11.7. The molecule has 2 aromatic rings. The summed E-state index contributed by atoms with van der Waals surface area (Å²) in [5, 5.41) is 4.13. The number of halogens is 2. The number of nitrogens with zero attached hydrogens (tertiary/aromatic N) is 3. The van der Waals surface area contributed by atoms with E-state index in [9.17, 15) is 4.79 Å². The Labute approximate surface area is 125 Å². The predicted octanol–water partition coefficient (Wildman–Crippen LogP) is 3.53. The summed E-state index contributed by atoms with van der Waals surface area (Å²) in [5.41, 5.74) is 0.0278. The number of carbonyl (C=O) groups is 1. The van der Waals surface area contributed by atoms with Crippen LogP contribution in [-0.2, 0) is 4.74 Å². The highest BCUT2D eigenvalue weighted by molar-refractivity contribution is 6.35. The van der Waals surface area contributed by atoms with Gasteiger partial charge < -0.3 is 9.47 Å². The van der Waals surface area contributed by atoms with Crippen molar-refractivity contribution in [3.05, 3.63) is 16.4 Å². The second-order valence-corrected chi connectivity index (χ2v) is 5.75. The highest BCUT2D eigenvalue weighted by Crippen LogP contribution is 2.30. The van der Waals surface area contributed by atoms with E-state index in [2.05, 4.69) is 10.1 Å². The van der Waals surface area contributed by atoms with Gasteiger partial charge in [0.2, 0.25) is 0 Å². The van der Waals surface area contributed by atoms with Crippen LogP contribution in [0, 0.1) is 0 Å². The molecule has 0 spiro atoms. The third-order valence-electron chi connectivity index (χ3n) is 2.32. The number of fused-ring (bicyclic) bond motifs is 1. The van der Waals surface area contributed by atoms with Gasteiger partial charge in [0, 0.05) is 6.07 Å². The predicted molar refractivity (Wildman–Crippen MR) is 75.7 cm³/mol. The lowest BCUT2D eigenvalue weighted by Gasteiger charge is -2.19. The standard InChI is InChI=1S/C12H13Cl2N3O3/c1-12(2,3)20-11(18)17-6-5-7(19-4)9(13)15-8(6)10(14)16-17/h5H,1-4H3. The first-order valence-electron chi connectivity index (χ1n) is 5.75. The van der Waals surface area contributed by atoms with Crippen LogP contribution in [0.5, 0.6) is 5.75 Å². The van der Waals surface area contributed by atoms with Crippen molar-refractivity contribution in [3.8, 4) is 5.75 Å². The van der Waals surface area contributed by atoms with Crippen molar-refractivity contribution >= 4 is 40.3 Å². The zero-order valence-corrected chi connectivity index (χ0v) is 12.9. The van der Waals surface area contributed by atoms with Crippen LogP contribution in [0.15, 0.2) is 6.07 Å². The monoisotopic (exact) mass is 317 g/mol. The molecule has 2 rings (SSSR count). The fourth-order valence-corrected chi connectivity index (χ4v) is 1.98. The number of hydrogen-bond acceptors (Lipinski definition) is 5. The number of aromatic nitrogens is 3. The van der Waals surface area contributed by atoms with Gasteiger partial charge in [-0.15, -0.1) is 5.10 Å². The van der Waals surface area contributed by atoms with Crippen LogP contribution in [0.2, 0.25) is 10.3 Å². The number of pyridine rings is 1. The molecule has 108 valence electrons. The minimum atomic E-state index is -0.652. The lowest BCUT2D eigenvalue weighted by Crippen LogP contribution is -2.27. The summed E-state index contributed by atoms with van der Waals surface area (Å²) < 4.78 is 11.4. The van der Waals surface area contributed by atoms with Gasteiger partial charge in [-0.3, -0.25) is 0 Å². The minimum Gasteiger partial charge on any atom is -0.493 e. The Morgan fingerprint density at radius 2 is 1.95 bits per heavy atom. The van der Waals surface area contributed by atoms with Crippen LogP contribution in [0.1, 0.15) is 20.8 Å². The van der Waals surface area contributed by atoms with E-state index >= 15 is 0 Å². The van der Waals surface area contributed by atoms with Crippen molar-refractivity contribution in [2.75, 3.05) is 7.11 Å². The first-order valence-corrected chi connectivity index (χ1v) is 6.50. The van der Waals surface area contributed by atoms with Gasteiger partial charge in [0.05, 0.1) is 7.11 Å². The van der Waals surface area contributed by atoms with Crippen molar-refractivity contribution in [1.29, 1.82) is 0 Å². The highest BCUT2D eigenvalue weighted by Gasteiger charge is 2.23. The highest BCUT2D eigenvalue weighted by atomic mass is 35.5. The third kappa shape index (κ3) is 2.81. The second kappa shape index (κ2) is 5.10. The summed E-state index contributed by atoms with van der Waals surface area (Å²) in [6, 6.07) is 1.54. The molecule has 0 amide bonds. The molecule has 2 heterocycles. The Balaban J connectivity index is 2.57. The van der Waals surface area contributed by atoms with Crippen molar-refractivity contribution in [2.24, 2.45) is 0 Å². The molecule has 0 aliphatic carbocycles. The van der Waals surface area contributed by atoms with E-state index in [0.29, 0.717) is 16.8 Å². The number of ether oxygens (including phenoxy) is 2. The van der Waals surface area contributed by atoms with Gasteiger partial charge in [0.1, 0.15) is 16.6 Å². The van der Waals surface area contributed by atoms with Crippen LogP contribution in [0.3, 0.4) is 0 Å². The molecular weight excluding hydrogens is 305 g/mol. The lowest BCUT2D eigenvalue weighted by atomic mass is 10.2. The van der Waals surface area contributed by atoms with Crippen LogP contribution < -0.4 is 4.74 Å². The fourth-order valence-electron chi connectivity index (χ4n) is 1.55. The van der Waals surface area contributed by atoms with Gasteiger partial charge >= 0.3 is 6.09 Å². The molecule has 0 saturated carbocycles. The Bertz CT molecular complexity index is 677. The van der Waals surface area contributed by atoms with Crippen LogP contribution in [0.4, 0.5) is 4.79 Å². The molecule has 0 atom stereocenters. The van der Waals surface area contributed by atoms with Crippen molar-refractivity contribution in [2.45, 2.75) is 26.4 Å². The zero-order valence-electron chi connectivity index (χ0n) is 11.4. The first kappa shape index (κ1) is 14.9. The van der Waals surface area contributed by atoms with E-state index in [1.165, 1.54) is 13.2 Å². The van der Waals surface area contributed by atoms with E-state index in [-0.39, 0.29) is 10.3 Å². The fraction of sp³-hybridized carbons (Fsp3) is 0.417. The number of rotatable bonds is 1. The van der Waals surface area contributed by atoms with Gasteiger partial charge in [0.15, 0.2) is 16.1 Å². The molecule has 0 saturated heterocycles. The molecule has 8 heteroatoms. The van der Waals surface area contributed by atoms with Gasteiger partial charge in [-0.05, 0) is 20.8 Å². The summed E-state index contributed by atoms with van der Waals surface area (Å²) in [4.78, 5) is 16.2. The molecule has 0 aromatic carbocycles. The van der Waals surface area contributed by atoms with Gasteiger partial charge in [-0.1, -0.05) is 23.2 Å². The Hall–Kier alpha value is -1.53. The Morgan fingerprint density at radius 3 is 2.50 bits per heavy atom. The minimum absolute atomic E-state index is 0.0652. The number of carbonyl (C=O) groups excluding carboxylic acids is 1. The Morgan fingerprint density at radius 1 is 1.30 bits per heavy atom. The maximum Gasteiger partial charge on any atom is 0.435 e. The molecule has 20 heavy (non-hydrogen) atoms. The summed E-state index contributed by atoms with van der Waals surface area (Å²) in [6.07, 6.45) is -0.652. The van der Waals surface area contributed by atoms with Crippen LogP contribution >= 0.6 is 23.2 Å². The van der Waals surface area contributed by atoms with Crippen molar-refractivity contribution < 1.29 is 14.3 Å². The molecule has 0 unspecified atom stereocenters. The summed E-state index contributed by atoms with van der Waals surface area (Å²) in [7, 11) is 1.45. The van der Waals surface area contributed by atoms with E-state index in [4.69, 9.17) is 32.7 Å². The molecule has 6 nitrogen and oxygen atoms in total. The largest absolute Gasteiger partial charge is 0.493 e. The third-order valence-corrected chi connectivity index (χ3v) is 2.85. The molecule has 2 aromatic heterocycles. The average Bonchev–Trinajstić information content (AvgIpc) is 2.63. The maximum atomic E-state index is 12.1. The quantitative estimate of drug-likeness (QED) is 0.753. The van der Waals surface area contributed by atoms with E-state index in [0.717, 1.165) is 4.68 Å². The van der Waals surface area contributed by atoms with Gasteiger partial charge in [0.25, 0.3) is 0 Å². The maximum absolute atomic E-state index is 12.1. The molecule has 0 aliphatic heterocycles. The molecule has 0 aliphatic rings. The van der Waals surface area contributed by atoms with Gasteiger partial charge in [-0.25, -0.2) is 9.78 Å². The smallest absolute Gasteiger partial charge is 0.435 e. The molecule has 0 N–H and O–H groups in total. The first-order chi connectivity index (χ1) is 9.23. The summed E-state index contributed by atoms with van der Waals surface area (Å²) >= 11 is 11.9. The van der Waals surface area contributed by atoms with Gasteiger partial charge in [-0.2, -0.15) is 4.68 Å². The number of methoxy groups -OCH3 is 1. The Kier molecular flexibility index (Phi) is 3.80. The topological polar surface area (TPSA) is 66.2 Å². The average molecular weight is 318 g/mol. The molecule has 0 fully saturated rings. The zero-order chi connectivity index (χ0) is 15.1. The summed E-state index contributed by atoms with van der Waals surface area (Å²) in [5.74, 6) is 0.320. The van der Waals surface area contributed by atoms with Crippen LogP contribution in [0.25, 0.3) is 11.0 Å².